The van der Waals surface area contributed by atoms with Gasteiger partial charge in [0.2, 0.25) is 5.91 Å². The second-order valence-corrected chi connectivity index (χ2v) is 11.1. The van der Waals surface area contributed by atoms with Gasteiger partial charge in [-0.2, -0.15) is 0 Å². The van der Waals surface area contributed by atoms with Gasteiger partial charge in [-0.15, -0.1) is 11.3 Å². The van der Waals surface area contributed by atoms with Crippen molar-refractivity contribution in [3.8, 4) is 0 Å². The normalized spacial score (nSPS) is 15.3. The van der Waals surface area contributed by atoms with Crippen LogP contribution in [-0.2, 0) is 17.6 Å². The molecule has 2 aromatic heterocycles. The van der Waals surface area contributed by atoms with Crippen LogP contribution in [0.3, 0.4) is 0 Å². The molecule has 9 nitrogen and oxygen atoms in total. The molecule has 3 heterocycles. The quantitative estimate of drug-likeness (QED) is 0.347. The first-order valence-electron chi connectivity index (χ1n) is 13.2. The number of nitrogens with zero attached hydrogens (tertiary/aromatic N) is 2. The fourth-order valence-electron chi connectivity index (χ4n) is 4.49. The number of carbonyl (C=O) groups is 3. The van der Waals surface area contributed by atoms with E-state index in [0.29, 0.717) is 17.2 Å². The Kier molecular flexibility index (Phi) is 10.4. The van der Waals surface area contributed by atoms with Gasteiger partial charge >= 0.3 is 0 Å². The first-order chi connectivity index (χ1) is 18.1. The molecule has 0 unspecified atom stereocenters. The molecule has 0 saturated carbocycles. The minimum absolute atomic E-state index is 0.00439. The van der Waals surface area contributed by atoms with E-state index in [-0.39, 0.29) is 23.8 Å². The highest BCUT2D eigenvalue weighted by atomic mass is 32.1. The summed E-state index contributed by atoms with van der Waals surface area (Å²) in [5.41, 5.74) is 8.74. The average molecular weight is 541 g/mol. The lowest BCUT2D eigenvalue weighted by atomic mass is 10.0. The van der Waals surface area contributed by atoms with Crippen LogP contribution in [0.1, 0.15) is 70.0 Å². The summed E-state index contributed by atoms with van der Waals surface area (Å²) in [6.45, 7) is 10.2. The molecule has 10 heteroatoms. The smallest absolute Gasteiger partial charge is 0.280 e. The van der Waals surface area contributed by atoms with E-state index < -0.39 is 5.91 Å². The highest BCUT2D eigenvalue weighted by Crippen LogP contribution is 2.21. The summed E-state index contributed by atoms with van der Waals surface area (Å²) in [6, 6.07) is 7.72. The Morgan fingerprint density at radius 3 is 2.68 bits per heavy atom. The predicted octanol–water partition coefficient (Wildman–Crippen LogP) is 3.42. The number of likely N-dealkylation sites (tertiary alicyclic amines) is 1. The summed E-state index contributed by atoms with van der Waals surface area (Å²) < 4.78 is 0. The molecule has 38 heavy (non-hydrogen) atoms. The van der Waals surface area contributed by atoms with E-state index in [0.717, 1.165) is 55.4 Å². The molecule has 1 aliphatic rings. The zero-order valence-corrected chi connectivity index (χ0v) is 23.8. The Hall–Kier alpha value is -3.24. The van der Waals surface area contributed by atoms with Crippen LogP contribution in [-0.4, -0.2) is 65.3 Å². The highest BCUT2D eigenvalue weighted by Gasteiger charge is 2.27. The summed E-state index contributed by atoms with van der Waals surface area (Å²) in [5, 5.41) is 7.76. The van der Waals surface area contributed by atoms with E-state index in [4.69, 9.17) is 5.73 Å². The zero-order valence-electron chi connectivity index (χ0n) is 23.0. The van der Waals surface area contributed by atoms with Gasteiger partial charge in [0.05, 0.1) is 5.69 Å². The van der Waals surface area contributed by atoms with E-state index in [1.54, 1.807) is 6.07 Å². The summed E-state index contributed by atoms with van der Waals surface area (Å²) in [5.74, 6) is -0.376. The molecule has 0 bridgehead atoms. The van der Waals surface area contributed by atoms with Crippen molar-refractivity contribution in [1.29, 1.82) is 0 Å². The number of H-pyrrole nitrogens is 1. The molecular weight excluding hydrogens is 500 g/mol. The molecule has 3 amide bonds. The van der Waals surface area contributed by atoms with Crippen LogP contribution in [0.15, 0.2) is 24.3 Å². The Morgan fingerprint density at radius 1 is 1.26 bits per heavy atom. The third-order valence-electron chi connectivity index (χ3n) is 6.51. The van der Waals surface area contributed by atoms with Crippen LogP contribution in [0.4, 0.5) is 0 Å². The summed E-state index contributed by atoms with van der Waals surface area (Å²) >= 11 is 1.49. The van der Waals surface area contributed by atoms with Crippen molar-refractivity contribution in [3.05, 3.63) is 51.1 Å². The monoisotopic (exact) mass is 540 g/mol. The van der Waals surface area contributed by atoms with Gasteiger partial charge in [0.1, 0.15) is 5.69 Å². The third kappa shape index (κ3) is 7.64. The molecule has 0 aliphatic carbocycles. The van der Waals surface area contributed by atoms with Crippen LogP contribution in [0.25, 0.3) is 10.9 Å². The van der Waals surface area contributed by atoms with Gasteiger partial charge in [0, 0.05) is 53.8 Å². The van der Waals surface area contributed by atoms with E-state index in [1.165, 1.54) is 21.8 Å². The summed E-state index contributed by atoms with van der Waals surface area (Å²) in [4.78, 5) is 46.2. The Labute approximate surface area is 228 Å². The Morgan fingerprint density at radius 2 is 2.03 bits per heavy atom. The van der Waals surface area contributed by atoms with Crippen LogP contribution in [0.5, 0.6) is 0 Å². The zero-order chi connectivity index (χ0) is 27.8. The molecule has 3 aromatic rings. The number of hydrogen-bond acceptors (Lipinski definition) is 6. The molecule has 1 aromatic carbocycles. The largest absolute Gasteiger partial charge is 0.364 e. The molecule has 1 fully saturated rings. The maximum atomic E-state index is 12.6. The average Bonchev–Trinajstić information content (AvgIpc) is 3.51. The third-order valence-corrected chi connectivity index (χ3v) is 7.75. The van der Waals surface area contributed by atoms with Gasteiger partial charge in [-0.3, -0.25) is 14.4 Å². The summed E-state index contributed by atoms with van der Waals surface area (Å²) in [7, 11) is 1.92. The van der Waals surface area contributed by atoms with Crippen LogP contribution < -0.4 is 16.4 Å². The van der Waals surface area contributed by atoms with Crippen molar-refractivity contribution in [2.24, 2.45) is 11.7 Å². The lowest BCUT2D eigenvalue weighted by molar-refractivity contribution is -0.135. The van der Waals surface area contributed by atoms with Crippen molar-refractivity contribution in [3.63, 3.8) is 0 Å². The summed E-state index contributed by atoms with van der Waals surface area (Å²) in [6.07, 6.45) is 3.56. The number of benzene rings is 1. The number of piperidine rings is 1. The number of aryl methyl sites for hydroxylation is 2. The van der Waals surface area contributed by atoms with Crippen LogP contribution >= 0.6 is 11.3 Å². The number of aromatic amines is 1. The van der Waals surface area contributed by atoms with Crippen LogP contribution in [0, 0.1) is 12.8 Å². The molecule has 206 valence electrons. The van der Waals surface area contributed by atoms with Crippen molar-refractivity contribution >= 4 is 40.0 Å². The van der Waals surface area contributed by atoms with Crippen molar-refractivity contribution in [1.82, 2.24) is 25.5 Å². The number of aromatic nitrogens is 2. The standard InChI is InChI=1S/C18H30N4O2S.C10H10N2O/c1-5-15-14(8-9-19-4)21-17(25-15)16(23)20-13-7-6-10-22(11-13)18(24)12(2)3;1-6-2-3-8-7(4-6)5-9(12-8)10(11)13/h12-13,19H,5-11H2,1-4H3,(H,20,23);2-5,12H,1H3,(H2,11,13)/t13-;/m0./s1. The predicted molar refractivity (Wildman–Crippen MR) is 153 cm³/mol. The number of fused-ring (bicyclic) bond motifs is 1. The number of hydrogen-bond donors (Lipinski definition) is 4. The fourth-order valence-corrected chi connectivity index (χ4v) is 5.44. The minimum atomic E-state index is -0.422. The van der Waals surface area contributed by atoms with Gasteiger partial charge in [0.25, 0.3) is 11.8 Å². The molecule has 1 saturated heterocycles. The molecule has 1 aliphatic heterocycles. The van der Waals surface area contributed by atoms with E-state index in [1.807, 2.05) is 50.9 Å². The number of nitrogens with two attached hydrogens (primary N) is 1. The number of nitrogens with one attached hydrogen (secondary N) is 3. The van der Waals surface area contributed by atoms with Crippen molar-refractivity contribution in [2.45, 2.75) is 59.4 Å². The number of amides is 3. The van der Waals surface area contributed by atoms with Crippen LogP contribution in [0.2, 0.25) is 0 Å². The van der Waals surface area contributed by atoms with E-state index in [9.17, 15) is 14.4 Å². The minimum Gasteiger partial charge on any atom is -0.364 e. The number of rotatable bonds is 8. The van der Waals surface area contributed by atoms with Gasteiger partial charge in [-0.05, 0) is 51.4 Å². The highest BCUT2D eigenvalue weighted by molar-refractivity contribution is 7.13. The van der Waals surface area contributed by atoms with Crippen molar-refractivity contribution in [2.75, 3.05) is 26.7 Å². The lowest BCUT2D eigenvalue weighted by Crippen LogP contribution is -2.50. The number of carbonyl (C=O) groups excluding carboxylic acids is 3. The number of thiazole rings is 1. The maximum absolute atomic E-state index is 12.6. The molecule has 0 radical (unpaired) electrons. The number of primary amides is 1. The maximum Gasteiger partial charge on any atom is 0.280 e. The van der Waals surface area contributed by atoms with E-state index >= 15 is 0 Å². The topological polar surface area (TPSA) is 133 Å². The molecule has 0 spiro atoms. The first-order valence-corrected chi connectivity index (χ1v) is 14.1. The molecule has 1 atom stereocenters. The van der Waals surface area contributed by atoms with Gasteiger partial charge < -0.3 is 26.3 Å². The first kappa shape index (κ1) is 29.3. The van der Waals surface area contributed by atoms with Gasteiger partial charge in [-0.1, -0.05) is 32.4 Å². The van der Waals surface area contributed by atoms with Gasteiger partial charge in [-0.25, -0.2) is 4.98 Å². The molecular formula is C28H40N6O3S. The number of likely N-dealkylation sites (N-methyl/N-ethyl adjacent to an activating group) is 1. The molecule has 4 rings (SSSR count). The van der Waals surface area contributed by atoms with Gasteiger partial charge in [0.15, 0.2) is 5.01 Å². The van der Waals surface area contributed by atoms with E-state index in [2.05, 4.69) is 27.5 Å². The fraction of sp³-hybridized carbons (Fsp3) is 0.500. The van der Waals surface area contributed by atoms with Crippen molar-refractivity contribution < 1.29 is 14.4 Å². The Balaban J connectivity index is 0.000000256. The SMILES string of the molecule is CCc1sc(C(=O)N[C@H]2CCCN(C(=O)C(C)C)C2)nc1CCNC.Cc1ccc2[nH]c(C(N)=O)cc2c1. The second kappa shape index (κ2) is 13.5. The second-order valence-electron chi connectivity index (χ2n) is 9.99. The Bertz CT molecular complexity index is 1260. The molecule has 5 N–H and O–H groups in total. The lowest BCUT2D eigenvalue weighted by Gasteiger charge is -2.34.